The fraction of sp³-hybridized carbons (Fsp3) is 0.316. The first kappa shape index (κ1) is 17.1. The van der Waals surface area contributed by atoms with Crippen molar-refractivity contribution < 1.29 is 9.32 Å². The van der Waals surface area contributed by atoms with Crippen LogP contribution < -0.4 is 5.56 Å². The zero-order valence-corrected chi connectivity index (χ0v) is 14.9. The van der Waals surface area contributed by atoms with Gasteiger partial charge in [-0.25, -0.2) is 4.98 Å². The molecule has 27 heavy (non-hydrogen) atoms. The number of nitrogens with zero attached hydrogens (tertiary/aromatic N) is 4. The van der Waals surface area contributed by atoms with Gasteiger partial charge in [0.25, 0.3) is 11.5 Å². The van der Waals surface area contributed by atoms with Gasteiger partial charge in [-0.1, -0.05) is 12.1 Å². The predicted octanol–water partition coefficient (Wildman–Crippen LogP) is 1.97. The topological polar surface area (TPSA) is 105 Å². The van der Waals surface area contributed by atoms with E-state index in [1.807, 2.05) is 6.92 Å². The van der Waals surface area contributed by atoms with Crippen molar-refractivity contribution in [3.63, 3.8) is 0 Å². The Bertz CT molecular complexity index is 1030. The number of hydrogen-bond acceptors (Lipinski definition) is 6. The molecule has 0 saturated carbocycles. The number of fused-ring (bicyclic) bond motifs is 1. The number of carbonyl (C=O) groups is 1. The van der Waals surface area contributed by atoms with Crippen LogP contribution in [0.15, 0.2) is 39.9 Å². The number of rotatable bonds is 4. The first-order valence-corrected chi connectivity index (χ1v) is 8.93. The van der Waals surface area contributed by atoms with Gasteiger partial charge in [0.2, 0.25) is 0 Å². The van der Waals surface area contributed by atoms with Crippen LogP contribution in [0.5, 0.6) is 0 Å². The largest absolute Gasteiger partial charge is 0.361 e. The lowest BCUT2D eigenvalue weighted by atomic mass is 10.1. The van der Waals surface area contributed by atoms with Crippen LogP contribution in [0.3, 0.4) is 0 Å². The van der Waals surface area contributed by atoms with E-state index in [4.69, 9.17) is 4.52 Å². The quantitative estimate of drug-likeness (QED) is 0.758. The lowest BCUT2D eigenvalue weighted by molar-refractivity contribution is 0.0720. The molecule has 4 heterocycles. The Hall–Kier alpha value is -3.29. The zero-order valence-electron chi connectivity index (χ0n) is 14.9. The van der Waals surface area contributed by atoms with E-state index < -0.39 is 0 Å². The molecule has 1 amide bonds. The average Bonchev–Trinajstić information content (AvgIpc) is 3.16. The van der Waals surface area contributed by atoms with Gasteiger partial charge < -0.3 is 14.4 Å². The van der Waals surface area contributed by atoms with Crippen molar-refractivity contribution in [1.82, 2.24) is 25.0 Å². The smallest absolute Gasteiger partial charge is 0.276 e. The van der Waals surface area contributed by atoms with Gasteiger partial charge in [-0.3, -0.25) is 14.6 Å². The molecule has 3 aromatic rings. The number of nitrogens with one attached hydrogen (secondary N) is 1. The van der Waals surface area contributed by atoms with Crippen LogP contribution in [-0.2, 0) is 19.4 Å². The summed E-state index contributed by atoms with van der Waals surface area (Å²) in [7, 11) is 0. The molecule has 138 valence electrons. The Balaban J connectivity index is 1.61. The van der Waals surface area contributed by atoms with Gasteiger partial charge in [-0.15, -0.1) is 0 Å². The minimum absolute atomic E-state index is 0.162. The second kappa shape index (κ2) is 7.14. The van der Waals surface area contributed by atoms with E-state index in [1.165, 1.54) is 0 Å². The summed E-state index contributed by atoms with van der Waals surface area (Å²) in [6, 6.07) is 5.25. The van der Waals surface area contributed by atoms with Crippen molar-refractivity contribution in [2.45, 2.75) is 32.7 Å². The van der Waals surface area contributed by atoms with E-state index in [9.17, 15) is 9.59 Å². The monoisotopic (exact) mass is 365 g/mol. The third-order valence-corrected chi connectivity index (χ3v) is 4.59. The van der Waals surface area contributed by atoms with Crippen molar-refractivity contribution in [2.24, 2.45) is 0 Å². The van der Waals surface area contributed by atoms with Crippen molar-refractivity contribution >= 4 is 5.91 Å². The van der Waals surface area contributed by atoms with Gasteiger partial charge in [0.15, 0.2) is 5.69 Å². The van der Waals surface area contributed by atoms with E-state index >= 15 is 0 Å². The van der Waals surface area contributed by atoms with Crippen LogP contribution >= 0.6 is 0 Å². The van der Waals surface area contributed by atoms with Crippen LogP contribution in [0, 0.1) is 0 Å². The summed E-state index contributed by atoms with van der Waals surface area (Å²) in [4.78, 5) is 38.2. The number of aromatic amines is 1. The zero-order chi connectivity index (χ0) is 18.8. The molecule has 0 unspecified atom stereocenters. The van der Waals surface area contributed by atoms with Gasteiger partial charge >= 0.3 is 0 Å². The van der Waals surface area contributed by atoms with Gasteiger partial charge in [0.1, 0.15) is 11.6 Å². The van der Waals surface area contributed by atoms with Gasteiger partial charge in [-0.2, -0.15) is 0 Å². The highest BCUT2D eigenvalue weighted by Crippen LogP contribution is 2.20. The lowest BCUT2D eigenvalue weighted by Gasteiger charge is -2.27. The average molecular weight is 365 g/mol. The highest BCUT2D eigenvalue weighted by molar-refractivity contribution is 5.92. The van der Waals surface area contributed by atoms with E-state index in [0.29, 0.717) is 41.5 Å². The minimum Gasteiger partial charge on any atom is -0.361 e. The minimum atomic E-state index is -0.209. The van der Waals surface area contributed by atoms with Crippen molar-refractivity contribution in [1.29, 1.82) is 0 Å². The van der Waals surface area contributed by atoms with Gasteiger partial charge in [0.05, 0.1) is 12.2 Å². The molecule has 3 aromatic heterocycles. The normalized spacial score (nSPS) is 13.4. The number of hydrogen-bond donors (Lipinski definition) is 1. The Morgan fingerprint density at radius 3 is 2.93 bits per heavy atom. The first-order chi connectivity index (χ1) is 13.2. The fourth-order valence-electron chi connectivity index (χ4n) is 3.20. The van der Waals surface area contributed by atoms with Crippen LogP contribution in [0.1, 0.15) is 40.9 Å². The maximum Gasteiger partial charge on any atom is 0.276 e. The van der Waals surface area contributed by atoms with E-state index in [2.05, 4.69) is 20.1 Å². The molecule has 0 aromatic carbocycles. The molecule has 0 aliphatic carbocycles. The summed E-state index contributed by atoms with van der Waals surface area (Å²) >= 11 is 0. The van der Waals surface area contributed by atoms with Crippen molar-refractivity contribution in [3.8, 4) is 11.4 Å². The highest BCUT2D eigenvalue weighted by atomic mass is 16.5. The molecule has 1 aliphatic heterocycles. The van der Waals surface area contributed by atoms with Gasteiger partial charge in [-0.05, 0) is 25.0 Å². The maximum atomic E-state index is 12.7. The molecule has 0 bridgehead atoms. The van der Waals surface area contributed by atoms with E-state index in [-0.39, 0.29) is 18.0 Å². The van der Waals surface area contributed by atoms with Crippen LogP contribution in [-0.4, -0.2) is 37.5 Å². The molecule has 4 rings (SSSR count). The second-order valence-electron chi connectivity index (χ2n) is 6.48. The summed E-state index contributed by atoms with van der Waals surface area (Å²) < 4.78 is 5.21. The summed E-state index contributed by atoms with van der Waals surface area (Å²) in [5.74, 6) is 0.967. The molecule has 0 fully saturated rings. The second-order valence-corrected chi connectivity index (χ2v) is 6.48. The Labute approximate surface area is 155 Å². The molecular formula is C19H19N5O3. The number of pyridine rings is 1. The molecular weight excluding hydrogens is 346 g/mol. The number of amides is 1. The third kappa shape index (κ3) is 3.38. The summed E-state index contributed by atoms with van der Waals surface area (Å²) in [6.45, 7) is 2.75. The molecule has 0 saturated heterocycles. The van der Waals surface area contributed by atoms with Crippen molar-refractivity contribution in [3.05, 3.63) is 63.7 Å². The Morgan fingerprint density at radius 1 is 1.33 bits per heavy atom. The van der Waals surface area contributed by atoms with E-state index in [0.717, 1.165) is 18.4 Å². The standard InChI is InChI=1S/C19H19N5O3/c1-2-3-13-10-15(23-27-13)19(26)24-9-6-14-16(11-24)21-17(22-18(14)25)12-4-7-20-8-5-12/h4-5,7-8,10H,2-3,6,9,11H2,1H3,(H,21,22,25). The first-order valence-electron chi connectivity index (χ1n) is 8.93. The third-order valence-electron chi connectivity index (χ3n) is 4.59. The van der Waals surface area contributed by atoms with E-state index in [1.54, 1.807) is 35.5 Å². The van der Waals surface area contributed by atoms with Gasteiger partial charge in [0, 0.05) is 42.6 Å². The molecule has 8 nitrogen and oxygen atoms in total. The molecule has 0 radical (unpaired) electrons. The number of H-pyrrole nitrogens is 1. The maximum absolute atomic E-state index is 12.7. The number of carbonyl (C=O) groups excluding carboxylic acids is 1. The molecule has 8 heteroatoms. The summed E-state index contributed by atoms with van der Waals surface area (Å²) in [5.41, 5.74) is 2.15. The molecule has 1 N–H and O–H groups in total. The molecule has 1 aliphatic rings. The predicted molar refractivity (Wildman–Crippen MR) is 97.0 cm³/mol. The fourth-order valence-corrected chi connectivity index (χ4v) is 3.20. The van der Waals surface area contributed by atoms with Crippen LogP contribution in [0.25, 0.3) is 11.4 Å². The lowest BCUT2D eigenvalue weighted by Crippen LogP contribution is -2.39. The number of aromatic nitrogens is 4. The summed E-state index contributed by atoms with van der Waals surface area (Å²) in [5, 5.41) is 3.89. The molecule has 0 spiro atoms. The molecule has 0 atom stereocenters. The number of aryl methyl sites for hydroxylation is 1. The summed E-state index contributed by atoms with van der Waals surface area (Å²) in [6.07, 6.45) is 5.41. The Kier molecular flexibility index (Phi) is 4.53. The Morgan fingerprint density at radius 2 is 2.15 bits per heavy atom. The van der Waals surface area contributed by atoms with Crippen LogP contribution in [0.2, 0.25) is 0 Å². The highest BCUT2D eigenvalue weighted by Gasteiger charge is 2.27. The SMILES string of the molecule is CCCc1cc(C(=O)N2CCc3c(nc(-c4ccncc4)[nH]c3=O)C2)no1. The van der Waals surface area contributed by atoms with Crippen LogP contribution in [0.4, 0.5) is 0 Å². The van der Waals surface area contributed by atoms with Crippen molar-refractivity contribution in [2.75, 3.05) is 6.54 Å².